The molecule has 0 aromatic heterocycles. The average molecular weight is 390 g/mol. The van der Waals surface area contributed by atoms with Crippen LogP contribution >= 0.6 is 0 Å². The molecule has 0 radical (unpaired) electrons. The number of aliphatic hydroxyl groups excluding tert-OH is 1. The Bertz CT molecular complexity index is 807. The second-order valence-electron chi connectivity index (χ2n) is 6.78. The van der Waals surface area contributed by atoms with Gasteiger partial charge in [0.1, 0.15) is 0 Å². The summed E-state index contributed by atoms with van der Waals surface area (Å²) in [5.74, 6) is 0.475. The zero-order valence-electron chi connectivity index (χ0n) is 16.2. The summed E-state index contributed by atoms with van der Waals surface area (Å²) in [6, 6.07) is 10.1. The summed E-state index contributed by atoms with van der Waals surface area (Å²) in [5, 5.41) is 29.8. The first-order valence-corrected chi connectivity index (χ1v) is 9.03. The summed E-state index contributed by atoms with van der Waals surface area (Å²) in [4.78, 5) is 0. The highest BCUT2D eigenvalue weighted by Crippen LogP contribution is 2.46. The number of aromatic hydroxyl groups is 2. The molecule has 28 heavy (non-hydrogen) atoms. The SMILES string of the molecule is COc1cc([C@@H]2OC[C@H]([C@@H](OC)c3ccc(O)c(OC)c3)[C@H]2CO)ccc1O. The molecule has 7 nitrogen and oxygen atoms in total. The van der Waals surface area contributed by atoms with Crippen LogP contribution in [0.4, 0.5) is 0 Å². The number of hydrogen-bond acceptors (Lipinski definition) is 7. The van der Waals surface area contributed by atoms with E-state index in [9.17, 15) is 15.3 Å². The van der Waals surface area contributed by atoms with Crippen LogP contribution < -0.4 is 9.47 Å². The summed E-state index contributed by atoms with van der Waals surface area (Å²) in [6.45, 7) is 0.300. The van der Waals surface area contributed by atoms with E-state index in [1.165, 1.54) is 14.2 Å². The van der Waals surface area contributed by atoms with Crippen molar-refractivity contribution in [1.82, 2.24) is 0 Å². The molecule has 0 bridgehead atoms. The Morgan fingerprint density at radius 3 is 2.25 bits per heavy atom. The molecule has 7 heteroatoms. The lowest BCUT2D eigenvalue weighted by Crippen LogP contribution is -2.26. The first-order valence-electron chi connectivity index (χ1n) is 9.03. The van der Waals surface area contributed by atoms with Gasteiger partial charge in [-0.05, 0) is 35.4 Å². The fourth-order valence-electron chi connectivity index (χ4n) is 3.87. The molecule has 1 heterocycles. The van der Waals surface area contributed by atoms with Gasteiger partial charge < -0.3 is 34.3 Å². The highest BCUT2D eigenvalue weighted by molar-refractivity contribution is 5.44. The molecule has 4 atom stereocenters. The Morgan fingerprint density at radius 1 is 1.00 bits per heavy atom. The third-order valence-corrected chi connectivity index (χ3v) is 5.33. The Labute approximate surface area is 164 Å². The Balaban J connectivity index is 1.90. The van der Waals surface area contributed by atoms with Crippen LogP contribution in [0.15, 0.2) is 36.4 Å². The van der Waals surface area contributed by atoms with Crippen LogP contribution in [0, 0.1) is 11.8 Å². The quantitative estimate of drug-likeness (QED) is 0.669. The van der Waals surface area contributed by atoms with Gasteiger partial charge in [-0.25, -0.2) is 0 Å². The van der Waals surface area contributed by atoms with E-state index in [0.717, 1.165) is 11.1 Å². The van der Waals surface area contributed by atoms with Gasteiger partial charge in [-0.3, -0.25) is 0 Å². The molecule has 152 valence electrons. The van der Waals surface area contributed by atoms with Gasteiger partial charge in [0.05, 0.1) is 33.0 Å². The lowest BCUT2D eigenvalue weighted by Gasteiger charge is -2.28. The lowest BCUT2D eigenvalue weighted by atomic mass is 9.82. The van der Waals surface area contributed by atoms with E-state index in [4.69, 9.17) is 18.9 Å². The van der Waals surface area contributed by atoms with E-state index in [1.54, 1.807) is 43.5 Å². The molecular weight excluding hydrogens is 364 g/mol. The van der Waals surface area contributed by atoms with Gasteiger partial charge in [0, 0.05) is 25.6 Å². The summed E-state index contributed by atoms with van der Waals surface area (Å²) >= 11 is 0. The molecule has 1 aliphatic rings. The number of phenolic OH excluding ortho intramolecular Hbond substituents is 2. The van der Waals surface area contributed by atoms with Crippen molar-refractivity contribution >= 4 is 0 Å². The third-order valence-electron chi connectivity index (χ3n) is 5.33. The minimum Gasteiger partial charge on any atom is -0.504 e. The Hall–Kier alpha value is -2.48. The molecule has 0 aliphatic carbocycles. The average Bonchev–Trinajstić information content (AvgIpc) is 3.13. The molecule has 3 rings (SSSR count). The molecule has 0 unspecified atom stereocenters. The van der Waals surface area contributed by atoms with Crippen molar-refractivity contribution in [1.29, 1.82) is 0 Å². The number of phenols is 2. The summed E-state index contributed by atoms with van der Waals surface area (Å²) in [6.07, 6.45) is -0.711. The van der Waals surface area contributed by atoms with Crippen molar-refractivity contribution in [2.75, 3.05) is 34.5 Å². The number of benzene rings is 2. The first kappa shape index (κ1) is 20.3. The molecule has 0 amide bonds. The van der Waals surface area contributed by atoms with Gasteiger partial charge in [0.15, 0.2) is 23.0 Å². The van der Waals surface area contributed by atoms with Gasteiger partial charge in [0.25, 0.3) is 0 Å². The highest BCUT2D eigenvalue weighted by atomic mass is 16.5. The van der Waals surface area contributed by atoms with E-state index in [-0.39, 0.29) is 42.1 Å². The summed E-state index contributed by atoms with van der Waals surface area (Å²) in [5.41, 5.74) is 1.64. The van der Waals surface area contributed by atoms with Crippen molar-refractivity contribution in [2.45, 2.75) is 12.2 Å². The highest BCUT2D eigenvalue weighted by Gasteiger charge is 2.43. The number of rotatable bonds is 7. The van der Waals surface area contributed by atoms with E-state index in [2.05, 4.69) is 0 Å². The lowest BCUT2D eigenvalue weighted by molar-refractivity contribution is 0.0242. The summed E-state index contributed by atoms with van der Waals surface area (Å²) < 4.78 is 22.2. The van der Waals surface area contributed by atoms with Crippen LogP contribution in [0.5, 0.6) is 23.0 Å². The van der Waals surface area contributed by atoms with E-state index >= 15 is 0 Å². The van der Waals surface area contributed by atoms with Crippen LogP contribution in [0.1, 0.15) is 23.3 Å². The van der Waals surface area contributed by atoms with Crippen LogP contribution in [-0.2, 0) is 9.47 Å². The van der Waals surface area contributed by atoms with Gasteiger partial charge in [-0.2, -0.15) is 0 Å². The van der Waals surface area contributed by atoms with Gasteiger partial charge in [-0.15, -0.1) is 0 Å². The minimum atomic E-state index is -0.360. The van der Waals surface area contributed by atoms with Crippen LogP contribution in [0.2, 0.25) is 0 Å². The topological polar surface area (TPSA) is 97.6 Å². The molecule has 3 N–H and O–H groups in total. The van der Waals surface area contributed by atoms with Crippen molar-refractivity contribution < 1.29 is 34.3 Å². The second-order valence-corrected chi connectivity index (χ2v) is 6.78. The second kappa shape index (κ2) is 8.68. The fourth-order valence-corrected chi connectivity index (χ4v) is 3.87. The minimum absolute atomic E-state index is 0.0484. The number of methoxy groups -OCH3 is 3. The maximum atomic E-state index is 10.1. The predicted molar refractivity (Wildman–Crippen MR) is 102 cm³/mol. The molecule has 0 spiro atoms. The standard InChI is InChI=1S/C21H26O7/c1-25-18-8-12(4-6-16(18)23)20(27-3)15-11-28-21(14(15)10-22)13-5-7-17(24)19(9-13)26-2/h4-9,14-15,20-24H,10-11H2,1-3H3/t14-,15+,20+,21+/m1/s1. The largest absolute Gasteiger partial charge is 0.504 e. The van der Waals surface area contributed by atoms with Crippen LogP contribution in [0.3, 0.4) is 0 Å². The Kier molecular flexibility index (Phi) is 6.28. The summed E-state index contributed by atoms with van der Waals surface area (Å²) in [7, 11) is 4.58. The Morgan fingerprint density at radius 2 is 1.64 bits per heavy atom. The van der Waals surface area contributed by atoms with Crippen LogP contribution in [-0.4, -0.2) is 49.9 Å². The number of hydrogen-bond donors (Lipinski definition) is 3. The van der Waals surface area contributed by atoms with Gasteiger partial charge in [-0.1, -0.05) is 12.1 Å². The molecule has 2 aromatic rings. The van der Waals surface area contributed by atoms with Crippen molar-refractivity contribution in [2.24, 2.45) is 11.8 Å². The molecule has 2 aromatic carbocycles. The van der Waals surface area contributed by atoms with Crippen molar-refractivity contribution in [3.63, 3.8) is 0 Å². The first-order chi connectivity index (χ1) is 13.5. The fraction of sp³-hybridized carbons (Fsp3) is 0.429. The molecule has 1 fully saturated rings. The molecule has 1 aliphatic heterocycles. The maximum Gasteiger partial charge on any atom is 0.160 e. The van der Waals surface area contributed by atoms with E-state index in [0.29, 0.717) is 18.1 Å². The number of ether oxygens (including phenoxy) is 4. The van der Waals surface area contributed by atoms with Gasteiger partial charge >= 0.3 is 0 Å². The zero-order valence-corrected chi connectivity index (χ0v) is 16.2. The third kappa shape index (κ3) is 3.73. The van der Waals surface area contributed by atoms with Crippen molar-refractivity contribution in [3.8, 4) is 23.0 Å². The molecule has 0 saturated carbocycles. The van der Waals surface area contributed by atoms with Gasteiger partial charge in [0.2, 0.25) is 0 Å². The maximum absolute atomic E-state index is 10.1. The zero-order chi connectivity index (χ0) is 20.3. The van der Waals surface area contributed by atoms with E-state index < -0.39 is 0 Å². The van der Waals surface area contributed by atoms with Crippen LogP contribution in [0.25, 0.3) is 0 Å². The predicted octanol–water partition coefficient (Wildman–Crippen LogP) is 2.80. The molecule has 1 saturated heterocycles. The number of aliphatic hydroxyl groups is 1. The van der Waals surface area contributed by atoms with Crippen molar-refractivity contribution in [3.05, 3.63) is 47.5 Å². The van der Waals surface area contributed by atoms with E-state index in [1.807, 2.05) is 0 Å². The monoisotopic (exact) mass is 390 g/mol. The molecular formula is C21H26O7. The smallest absolute Gasteiger partial charge is 0.160 e. The normalized spacial score (nSPS) is 22.8.